The molecule has 1 N–H and O–H groups in total. The van der Waals surface area contributed by atoms with Crippen LogP contribution in [0.5, 0.6) is 0 Å². The Balaban J connectivity index is 2.03. The standard InChI is InChI=1S/C12H22BrN/c1-10-4-3-5-12(8-10)6-7-14-9-11(2)13/h10,12,14H,2-9H2,1H3. The molecule has 0 spiro atoms. The van der Waals surface area contributed by atoms with E-state index in [2.05, 4.69) is 34.7 Å². The van der Waals surface area contributed by atoms with Gasteiger partial charge < -0.3 is 5.32 Å². The summed E-state index contributed by atoms with van der Waals surface area (Å²) in [5.74, 6) is 1.93. The van der Waals surface area contributed by atoms with E-state index in [1.54, 1.807) is 0 Å². The molecule has 1 aliphatic rings. The molecular weight excluding hydrogens is 238 g/mol. The highest BCUT2D eigenvalue weighted by Crippen LogP contribution is 2.30. The topological polar surface area (TPSA) is 12.0 Å². The van der Waals surface area contributed by atoms with Gasteiger partial charge in [-0.3, -0.25) is 0 Å². The van der Waals surface area contributed by atoms with Crippen LogP contribution in [0.4, 0.5) is 0 Å². The second-order valence-electron chi connectivity index (χ2n) is 4.62. The summed E-state index contributed by atoms with van der Waals surface area (Å²) in [6.07, 6.45) is 7.11. The van der Waals surface area contributed by atoms with Crippen LogP contribution >= 0.6 is 15.9 Å². The van der Waals surface area contributed by atoms with Crippen LogP contribution in [0.25, 0.3) is 0 Å². The van der Waals surface area contributed by atoms with E-state index in [0.717, 1.165) is 29.4 Å². The van der Waals surface area contributed by atoms with Crippen molar-refractivity contribution in [3.63, 3.8) is 0 Å². The highest BCUT2D eigenvalue weighted by Gasteiger charge is 2.17. The Labute approximate surface area is 96.5 Å². The minimum Gasteiger partial charge on any atom is -0.312 e. The van der Waals surface area contributed by atoms with Crippen molar-refractivity contribution in [2.45, 2.75) is 39.0 Å². The molecule has 0 heterocycles. The van der Waals surface area contributed by atoms with Gasteiger partial charge in [-0.05, 0) is 31.2 Å². The second kappa shape index (κ2) is 6.62. The Kier molecular flexibility index (Phi) is 5.80. The molecule has 1 nitrogen and oxygen atoms in total. The van der Waals surface area contributed by atoms with Crippen LogP contribution in [0.1, 0.15) is 39.0 Å². The molecular formula is C12H22BrN. The number of halogens is 1. The molecule has 82 valence electrons. The van der Waals surface area contributed by atoms with Gasteiger partial charge in [0.2, 0.25) is 0 Å². The monoisotopic (exact) mass is 259 g/mol. The van der Waals surface area contributed by atoms with Crippen LogP contribution in [0, 0.1) is 11.8 Å². The molecule has 0 amide bonds. The Hall–Kier alpha value is 0.180. The fourth-order valence-corrected chi connectivity index (χ4v) is 2.55. The van der Waals surface area contributed by atoms with Crippen molar-refractivity contribution < 1.29 is 0 Å². The molecule has 0 aromatic heterocycles. The molecule has 2 heteroatoms. The molecule has 2 atom stereocenters. The third-order valence-electron chi connectivity index (χ3n) is 3.09. The third-order valence-corrected chi connectivity index (χ3v) is 3.37. The Morgan fingerprint density at radius 3 is 2.93 bits per heavy atom. The van der Waals surface area contributed by atoms with Crippen molar-refractivity contribution >= 4 is 15.9 Å². The van der Waals surface area contributed by atoms with Crippen molar-refractivity contribution in [2.75, 3.05) is 13.1 Å². The van der Waals surface area contributed by atoms with Gasteiger partial charge in [0, 0.05) is 11.0 Å². The summed E-state index contributed by atoms with van der Waals surface area (Å²) < 4.78 is 1.05. The van der Waals surface area contributed by atoms with E-state index < -0.39 is 0 Å². The third kappa shape index (κ3) is 5.16. The number of hydrogen-bond acceptors (Lipinski definition) is 1. The van der Waals surface area contributed by atoms with Gasteiger partial charge in [-0.15, -0.1) is 0 Å². The average molecular weight is 260 g/mol. The second-order valence-corrected chi connectivity index (χ2v) is 5.74. The minimum atomic E-state index is 0.905. The lowest BCUT2D eigenvalue weighted by molar-refractivity contribution is 0.268. The molecule has 1 fully saturated rings. The van der Waals surface area contributed by atoms with Gasteiger partial charge in [-0.2, -0.15) is 0 Å². The fourth-order valence-electron chi connectivity index (χ4n) is 2.35. The molecule has 0 radical (unpaired) electrons. The summed E-state index contributed by atoms with van der Waals surface area (Å²) in [5.41, 5.74) is 0. The maximum absolute atomic E-state index is 3.81. The first kappa shape index (κ1) is 12.3. The van der Waals surface area contributed by atoms with E-state index in [1.165, 1.54) is 32.1 Å². The van der Waals surface area contributed by atoms with Gasteiger partial charge in [0.05, 0.1) is 0 Å². The van der Waals surface area contributed by atoms with Gasteiger partial charge >= 0.3 is 0 Å². The molecule has 1 aliphatic carbocycles. The normalized spacial score (nSPS) is 27.6. The van der Waals surface area contributed by atoms with Gasteiger partial charge in [0.1, 0.15) is 0 Å². The first-order chi connectivity index (χ1) is 6.68. The molecule has 0 aromatic carbocycles. The maximum Gasteiger partial charge on any atom is 0.0265 e. The summed E-state index contributed by atoms with van der Waals surface area (Å²) in [6, 6.07) is 0. The first-order valence-corrected chi connectivity index (χ1v) is 6.51. The van der Waals surface area contributed by atoms with Crippen LogP contribution in [0.15, 0.2) is 11.1 Å². The summed E-state index contributed by atoms with van der Waals surface area (Å²) >= 11 is 3.35. The summed E-state index contributed by atoms with van der Waals surface area (Å²) in [4.78, 5) is 0. The van der Waals surface area contributed by atoms with Crippen LogP contribution < -0.4 is 5.32 Å². The molecule has 0 aromatic rings. The predicted octanol–water partition coefficient (Wildman–Crippen LogP) is 3.70. The van der Waals surface area contributed by atoms with E-state index in [-0.39, 0.29) is 0 Å². The number of hydrogen-bond donors (Lipinski definition) is 1. The molecule has 0 aliphatic heterocycles. The van der Waals surface area contributed by atoms with Crippen molar-refractivity contribution in [2.24, 2.45) is 11.8 Å². The highest BCUT2D eigenvalue weighted by molar-refractivity contribution is 9.11. The van der Waals surface area contributed by atoms with Crippen LogP contribution in [0.2, 0.25) is 0 Å². The molecule has 1 rings (SSSR count). The zero-order valence-electron chi connectivity index (χ0n) is 9.19. The van der Waals surface area contributed by atoms with Crippen LogP contribution in [-0.2, 0) is 0 Å². The molecule has 14 heavy (non-hydrogen) atoms. The van der Waals surface area contributed by atoms with E-state index in [9.17, 15) is 0 Å². The Morgan fingerprint density at radius 1 is 1.50 bits per heavy atom. The fraction of sp³-hybridized carbons (Fsp3) is 0.833. The lowest BCUT2D eigenvalue weighted by atomic mass is 9.81. The average Bonchev–Trinajstić information content (AvgIpc) is 2.12. The van der Waals surface area contributed by atoms with Gasteiger partial charge in [0.25, 0.3) is 0 Å². The van der Waals surface area contributed by atoms with E-state index >= 15 is 0 Å². The SMILES string of the molecule is C=C(Br)CNCCC1CCCC(C)C1. The van der Waals surface area contributed by atoms with Crippen molar-refractivity contribution in [3.05, 3.63) is 11.1 Å². The van der Waals surface area contributed by atoms with Crippen molar-refractivity contribution in [3.8, 4) is 0 Å². The Morgan fingerprint density at radius 2 is 2.29 bits per heavy atom. The van der Waals surface area contributed by atoms with Crippen LogP contribution in [0.3, 0.4) is 0 Å². The molecule has 0 saturated heterocycles. The Bertz CT molecular complexity index is 179. The van der Waals surface area contributed by atoms with Gasteiger partial charge in [0.15, 0.2) is 0 Å². The smallest absolute Gasteiger partial charge is 0.0265 e. The number of nitrogens with one attached hydrogen (secondary N) is 1. The van der Waals surface area contributed by atoms with Crippen molar-refractivity contribution in [1.29, 1.82) is 0 Å². The quantitative estimate of drug-likeness (QED) is 0.743. The first-order valence-electron chi connectivity index (χ1n) is 5.72. The minimum absolute atomic E-state index is 0.905. The lowest BCUT2D eigenvalue weighted by Crippen LogP contribution is -2.22. The van der Waals surface area contributed by atoms with E-state index in [0.29, 0.717) is 0 Å². The van der Waals surface area contributed by atoms with Gasteiger partial charge in [-0.25, -0.2) is 0 Å². The molecule has 2 unspecified atom stereocenters. The largest absolute Gasteiger partial charge is 0.312 e. The maximum atomic E-state index is 3.81. The zero-order chi connectivity index (χ0) is 10.4. The summed E-state index contributed by atoms with van der Waals surface area (Å²) in [5, 5.41) is 3.40. The summed E-state index contributed by atoms with van der Waals surface area (Å²) in [6.45, 7) is 8.24. The molecule has 0 bridgehead atoms. The van der Waals surface area contributed by atoms with Crippen LogP contribution in [-0.4, -0.2) is 13.1 Å². The predicted molar refractivity (Wildman–Crippen MR) is 66.7 cm³/mol. The zero-order valence-corrected chi connectivity index (χ0v) is 10.8. The van der Waals surface area contributed by atoms with E-state index in [4.69, 9.17) is 0 Å². The lowest BCUT2D eigenvalue weighted by Gasteiger charge is -2.26. The van der Waals surface area contributed by atoms with Crippen molar-refractivity contribution in [1.82, 2.24) is 5.32 Å². The highest BCUT2D eigenvalue weighted by atomic mass is 79.9. The summed E-state index contributed by atoms with van der Waals surface area (Å²) in [7, 11) is 0. The molecule has 1 saturated carbocycles. The van der Waals surface area contributed by atoms with Gasteiger partial charge in [-0.1, -0.05) is 48.7 Å². The number of rotatable bonds is 5. The van der Waals surface area contributed by atoms with E-state index in [1.807, 2.05) is 0 Å².